The van der Waals surface area contributed by atoms with Crippen molar-refractivity contribution in [2.24, 2.45) is 5.92 Å². The largest absolute Gasteiger partial charge is 0.497 e. The summed E-state index contributed by atoms with van der Waals surface area (Å²) in [5.74, 6) is 0.793. The molecule has 0 N–H and O–H groups in total. The first-order chi connectivity index (χ1) is 14.1. The van der Waals surface area contributed by atoms with Crippen molar-refractivity contribution >= 4 is 11.8 Å². The van der Waals surface area contributed by atoms with Crippen LogP contribution in [0.3, 0.4) is 0 Å². The highest BCUT2D eigenvalue weighted by molar-refractivity contribution is 5.96. The van der Waals surface area contributed by atoms with Crippen molar-refractivity contribution < 1.29 is 33.3 Å². The third kappa shape index (κ3) is 5.73. The lowest BCUT2D eigenvalue weighted by Crippen LogP contribution is -2.42. The molecule has 1 saturated carbocycles. The third-order valence-corrected chi connectivity index (χ3v) is 5.16. The van der Waals surface area contributed by atoms with Crippen molar-refractivity contribution in [3.05, 3.63) is 36.3 Å². The first-order valence-electron chi connectivity index (χ1n) is 10.1. The molecule has 158 valence electrons. The van der Waals surface area contributed by atoms with Gasteiger partial charge < -0.3 is 23.7 Å². The molecular formula is C22H28O7. The van der Waals surface area contributed by atoms with Gasteiger partial charge in [-0.25, -0.2) is 4.79 Å². The van der Waals surface area contributed by atoms with Crippen molar-refractivity contribution in [3.8, 4) is 11.5 Å². The number of esters is 1. The van der Waals surface area contributed by atoms with E-state index in [0.29, 0.717) is 37.4 Å². The van der Waals surface area contributed by atoms with E-state index in [4.69, 9.17) is 23.7 Å². The van der Waals surface area contributed by atoms with E-state index >= 15 is 0 Å². The molecule has 3 atom stereocenters. The molecule has 0 radical (unpaired) electrons. The molecule has 0 spiro atoms. The molecule has 3 rings (SSSR count). The lowest BCUT2D eigenvalue weighted by atomic mass is 9.80. The quantitative estimate of drug-likeness (QED) is 0.461. The number of allylic oxidation sites excluding steroid dienone is 1. The van der Waals surface area contributed by atoms with E-state index in [1.165, 1.54) is 6.26 Å². The Labute approximate surface area is 170 Å². The minimum atomic E-state index is -0.351. The molecule has 1 aliphatic heterocycles. The van der Waals surface area contributed by atoms with Crippen LogP contribution in [0.25, 0.3) is 0 Å². The van der Waals surface area contributed by atoms with E-state index in [9.17, 15) is 9.59 Å². The molecule has 1 aromatic carbocycles. The number of carbonyl (C=O) groups is 2. The van der Waals surface area contributed by atoms with Crippen LogP contribution < -0.4 is 9.47 Å². The Balaban J connectivity index is 1.49. The van der Waals surface area contributed by atoms with Gasteiger partial charge in [0.25, 0.3) is 0 Å². The highest BCUT2D eigenvalue weighted by Crippen LogP contribution is 2.35. The number of hydrogen-bond donors (Lipinski definition) is 0. The topological polar surface area (TPSA) is 80.3 Å². The molecule has 29 heavy (non-hydrogen) atoms. The molecule has 1 heterocycles. The lowest BCUT2D eigenvalue weighted by Gasteiger charge is -2.36. The summed E-state index contributed by atoms with van der Waals surface area (Å²) in [5.41, 5.74) is 0. The van der Waals surface area contributed by atoms with Crippen molar-refractivity contribution in [3.63, 3.8) is 0 Å². The fourth-order valence-corrected chi connectivity index (χ4v) is 3.49. The highest BCUT2D eigenvalue weighted by Gasteiger charge is 2.41. The van der Waals surface area contributed by atoms with Crippen molar-refractivity contribution in [1.82, 2.24) is 0 Å². The lowest BCUT2D eigenvalue weighted by molar-refractivity contribution is -0.154. The Kier molecular flexibility index (Phi) is 7.52. The summed E-state index contributed by atoms with van der Waals surface area (Å²) in [6, 6.07) is 7.01. The van der Waals surface area contributed by atoms with Crippen LogP contribution >= 0.6 is 0 Å². The van der Waals surface area contributed by atoms with Gasteiger partial charge in [-0.05, 0) is 43.5 Å². The minimum Gasteiger partial charge on any atom is -0.497 e. The van der Waals surface area contributed by atoms with Gasteiger partial charge in [-0.15, -0.1) is 0 Å². The standard InChI is InChI=1S/C22H28O7/c1-3-4-11-26-21(23)14-27-17-9-10-18-19(12-17)28-13-20(22(18)24)29-16-7-5-15(25-2)6-8-16/h5-8,13,17-19H,3-4,9-12,14H2,1-2H3. The van der Waals surface area contributed by atoms with Crippen molar-refractivity contribution in [2.45, 2.75) is 51.2 Å². The Bertz CT molecular complexity index is 725. The van der Waals surface area contributed by atoms with Gasteiger partial charge in [0.1, 0.15) is 30.5 Å². The molecule has 1 aromatic rings. The van der Waals surface area contributed by atoms with Crippen molar-refractivity contribution in [1.29, 1.82) is 0 Å². The molecule has 7 heteroatoms. The third-order valence-electron chi connectivity index (χ3n) is 5.16. The molecule has 3 unspecified atom stereocenters. The van der Waals surface area contributed by atoms with Gasteiger partial charge in [0, 0.05) is 6.42 Å². The summed E-state index contributed by atoms with van der Waals surface area (Å²) in [5, 5.41) is 0. The zero-order valence-corrected chi connectivity index (χ0v) is 16.9. The first kappa shape index (κ1) is 21.2. The normalized spacial score (nSPS) is 23.4. The molecule has 7 nitrogen and oxygen atoms in total. The van der Waals surface area contributed by atoms with Crippen LogP contribution in [0.5, 0.6) is 11.5 Å². The first-order valence-corrected chi connectivity index (χ1v) is 10.1. The summed E-state index contributed by atoms with van der Waals surface area (Å²) in [4.78, 5) is 24.5. The molecular weight excluding hydrogens is 376 g/mol. The minimum absolute atomic E-state index is 0.0607. The number of Topliss-reactive ketones (excluding diaryl/α,β-unsaturated/α-hetero) is 1. The zero-order valence-electron chi connectivity index (χ0n) is 16.9. The highest BCUT2D eigenvalue weighted by atomic mass is 16.6. The number of unbranched alkanes of at least 4 members (excludes halogenated alkanes) is 1. The second-order valence-electron chi connectivity index (χ2n) is 7.23. The number of benzene rings is 1. The van der Waals surface area contributed by atoms with Gasteiger partial charge in [-0.3, -0.25) is 4.79 Å². The zero-order chi connectivity index (χ0) is 20.6. The molecule has 2 aliphatic rings. The van der Waals surface area contributed by atoms with E-state index in [-0.39, 0.29) is 42.2 Å². The smallest absolute Gasteiger partial charge is 0.332 e. The molecule has 0 amide bonds. The summed E-state index contributed by atoms with van der Waals surface area (Å²) >= 11 is 0. The summed E-state index contributed by atoms with van der Waals surface area (Å²) < 4.78 is 27.4. The Hall–Kier alpha value is -2.54. The van der Waals surface area contributed by atoms with Gasteiger partial charge >= 0.3 is 5.97 Å². The van der Waals surface area contributed by atoms with Gasteiger partial charge in [0.15, 0.2) is 0 Å². The van der Waals surface area contributed by atoms with Gasteiger partial charge in [-0.1, -0.05) is 13.3 Å². The van der Waals surface area contributed by atoms with Gasteiger partial charge in [0.05, 0.1) is 25.7 Å². The van der Waals surface area contributed by atoms with E-state index in [0.717, 1.165) is 12.8 Å². The maximum absolute atomic E-state index is 12.8. The van der Waals surface area contributed by atoms with Crippen LogP contribution in [0, 0.1) is 5.92 Å². The average molecular weight is 404 g/mol. The van der Waals surface area contributed by atoms with E-state index in [2.05, 4.69) is 0 Å². The van der Waals surface area contributed by atoms with Crippen LogP contribution in [0.4, 0.5) is 0 Å². The SMILES string of the molecule is CCCCOC(=O)COC1CCC2C(=O)C(Oc3ccc(OC)cc3)=COC2C1. The van der Waals surface area contributed by atoms with Crippen LogP contribution in [0.15, 0.2) is 36.3 Å². The van der Waals surface area contributed by atoms with Crippen molar-refractivity contribution in [2.75, 3.05) is 20.3 Å². The second-order valence-corrected chi connectivity index (χ2v) is 7.23. The van der Waals surface area contributed by atoms with Crippen LogP contribution in [-0.4, -0.2) is 44.3 Å². The number of fused-ring (bicyclic) bond motifs is 1. The molecule has 0 aromatic heterocycles. The fraction of sp³-hybridized carbons (Fsp3) is 0.545. The predicted octanol–water partition coefficient (Wildman–Crippen LogP) is 3.41. The summed E-state index contributed by atoms with van der Waals surface area (Å²) in [6.45, 7) is 2.39. The van der Waals surface area contributed by atoms with E-state index < -0.39 is 0 Å². The number of rotatable bonds is 9. The average Bonchev–Trinajstić information content (AvgIpc) is 2.75. The number of ketones is 1. The van der Waals surface area contributed by atoms with Crippen LogP contribution in [-0.2, 0) is 23.8 Å². The Morgan fingerprint density at radius 2 is 1.93 bits per heavy atom. The molecule has 1 aliphatic carbocycles. The summed E-state index contributed by atoms with van der Waals surface area (Å²) in [7, 11) is 1.59. The Morgan fingerprint density at radius 3 is 2.66 bits per heavy atom. The molecule has 0 saturated heterocycles. The fourth-order valence-electron chi connectivity index (χ4n) is 3.49. The van der Waals surface area contributed by atoms with Crippen LogP contribution in [0.1, 0.15) is 39.0 Å². The number of hydrogen-bond acceptors (Lipinski definition) is 7. The maximum Gasteiger partial charge on any atom is 0.332 e. The maximum atomic E-state index is 12.8. The van der Waals surface area contributed by atoms with Gasteiger partial charge in [-0.2, -0.15) is 0 Å². The monoisotopic (exact) mass is 404 g/mol. The van der Waals surface area contributed by atoms with Crippen LogP contribution in [0.2, 0.25) is 0 Å². The Morgan fingerprint density at radius 1 is 1.17 bits per heavy atom. The number of carbonyl (C=O) groups excluding carboxylic acids is 2. The molecule has 0 bridgehead atoms. The summed E-state index contributed by atoms with van der Waals surface area (Å²) in [6.07, 6.45) is 4.70. The molecule has 1 fully saturated rings. The van der Waals surface area contributed by atoms with E-state index in [1.807, 2.05) is 6.92 Å². The van der Waals surface area contributed by atoms with Gasteiger partial charge in [0.2, 0.25) is 11.5 Å². The second kappa shape index (κ2) is 10.3. The predicted molar refractivity (Wildman–Crippen MR) is 105 cm³/mol. The number of ether oxygens (including phenoxy) is 5. The van der Waals surface area contributed by atoms with E-state index in [1.54, 1.807) is 31.4 Å². The number of methoxy groups -OCH3 is 1.